The highest BCUT2D eigenvalue weighted by molar-refractivity contribution is 6.08. The van der Waals surface area contributed by atoms with E-state index in [1.165, 1.54) is 32.0 Å². The molecule has 1 aromatic heterocycles. The largest absolute Gasteiger partial charge is 0.493 e. The van der Waals surface area contributed by atoms with Crippen LogP contribution in [0.25, 0.3) is 17.2 Å². The van der Waals surface area contributed by atoms with Gasteiger partial charge < -0.3 is 18.6 Å². The van der Waals surface area contributed by atoms with Crippen LogP contribution in [-0.4, -0.2) is 31.7 Å². The molecule has 0 amide bonds. The Morgan fingerprint density at radius 2 is 1.70 bits per heavy atom. The molecule has 27 heavy (non-hydrogen) atoms. The van der Waals surface area contributed by atoms with Crippen LogP contribution in [0, 0.1) is 0 Å². The molecule has 140 valence electrons. The van der Waals surface area contributed by atoms with Gasteiger partial charge in [-0.3, -0.25) is 9.36 Å². The predicted octanol–water partition coefficient (Wildman–Crippen LogP) is 3.05. The van der Waals surface area contributed by atoms with Crippen molar-refractivity contribution in [3.63, 3.8) is 0 Å². The van der Waals surface area contributed by atoms with E-state index in [1.54, 1.807) is 43.5 Å². The molecule has 7 heteroatoms. The quantitative estimate of drug-likeness (QED) is 0.491. The lowest BCUT2D eigenvalue weighted by atomic mass is 10.1. The van der Waals surface area contributed by atoms with Gasteiger partial charge in [-0.05, 0) is 42.0 Å². The van der Waals surface area contributed by atoms with Gasteiger partial charge in [0.2, 0.25) is 5.75 Å². The van der Waals surface area contributed by atoms with Crippen molar-refractivity contribution in [2.45, 2.75) is 0 Å². The summed E-state index contributed by atoms with van der Waals surface area (Å²) in [7, 11) is 6.19. The number of hydrogen-bond acceptors (Lipinski definition) is 6. The van der Waals surface area contributed by atoms with Gasteiger partial charge in [0.25, 0.3) is 0 Å². The summed E-state index contributed by atoms with van der Waals surface area (Å²) in [5.41, 5.74) is 2.13. The zero-order valence-corrected chi connectivity index (χ0v) is 15.4. The molecular formula is C20H19NO6. The number of benzene rings is 2. The number of oxazole rings is 1. The van der Waals surface area contributed by atoms with E-state index in [0.29, 0.717) is 39.5 Å². The molecular weight excluding hydrogens is 350 g/mol. The maximum atomic E-state index is 12.5. The Hall–Kier alpha value is -3.48. The molecule has 0 unspecified atom stereocenters. The Bertz CT molecular complexity index is 1060. The summed E-state index contributed by atoms with van der Waals surface area (Å²) in [6.07, 6.45) is 3.08. The summed E-state index contributed by atoms with van der Waals surface area (Å²) < 4.78 is 22.4. The third-order valence-electron chi connectivity index (χ3n) is 4.19. The SMILES string of the molecule is COc1cc(C=CC(=O)c2ccc3c(c2)oc(=O)n3C)cc(OC)c1OC. The van der Waals surface area contributed by atoms with Crippen molar-refractivity contribution in [2.75, 3.05) is 21.3 Å². The van der Waals surface area contributed by atoms with E-state index in [9.17, 15) is 9.59 Å². The van der Waals surface area contributed by atoms with E-state index < -0.39 is 5.76 Å². The highest BCUT2D eigenvalue weighted by Crippen LogP contribution is 2.38. The number of methoxy groups -OCH3 is 3. The molecule has 0 spiro atoms. The van der Waals surface area contributed by atoms with Crippen molar-refractivity contribution in [3.05, 3.63) is 58.1 Å². The van der Waals surface area contributed by atoms with Crippen LogP contribution in [0.4, 0.5) is 0 Å². The number of hydrogen-bond donors (Lipinski definition) is 0. The van der Waals surface area contributed by atoms with Crippen LogP contribution in [-0.2, 0) is 7.05 Å². The maximum Gasteiger partial charge on any atom is 0.419 e. The van der Waals surface area contributed by atoms with Gasteiger partial charge in [-0.2, -0.15) is 0 Å². The maximum absolute atomic E-state index is 12.5. The fourth-order valence-corrected chi connectivity index (χ4v) is 2.75. The molecule has 3 aromatic rings. The van der Waals surface area contributed by atoms with Crippen LogP contribution >= 0.6 is 0 Å². The summed E-state index contributed by atoms with van der Waals surface area (Å²) in [6.45, 7) is 0. The van der Waals surface area contributed by atoms with Gasteiger partial charge in [-0.25, -0.2) is 4.79 Å². The number of carbonyl (C=O) groups excluding carboxylic acids is 1. The standard InChI is InChI=1S/C20H19NO6/c1-21-14-7-6-13(11-16(14)27-20(21)23)15(22)8-5-12-9-17(24-2)19(26-4)18(10-12)25-3/h5-11H,1-4H3. The van der Waals surface area contributed by atoms with E-state index in [-0.39, 0.29) is 5.78 Å². The highest BCUT2D eigenvalue weighted by Gasteiger charge is 2.13. The van der Waals surface area contributed by atoms with Crippen molar-refractivity contribution in [3.8, 4) is 17.2 Å². The fourth-order valence-electron chi connectivity index (χ4n) is 2.75. The van der Waals surface area contributed by atoms with Gasteiger partial charge in [0.05, 0.1) is 26.8 Å². The lowest BCUT2D eigenvalue weighted by Crippen LogP contribution is -2.08. The number of fused-ring (bicyclic) bond motifs is 1. The molecule has 2 aromatic carbocycles. The Morgan fingerprint density at radius 1 is 1.04 bits per heavy atom. The minimum Gasteiger partial charge on any atom is -0.493 e. The van der Waals surface area contributed by atoms with Crippen molar-refractivity contribution in [1.29, 1.82) is 0 Å². The lowest BCUT2D eigenvalue weighted by Gasteiger charge is -2.12. The zero-order chi connectivity index (χ0) is 19.6. The number of ether oxygens (including phenoxy) is 3. The molecule has 0 aliphatic rings. The number of aromatic nitrogens is 1. The fraction of sp³-hybridized carbons (Fsp3) is 0.200. The molecule has 0 atom stereocenters. The Kier molecular flexibility index (Phi) is 5.03. The molecule has 0 aliphatic heterocycles. The average molecular weight is 369 g/mol. The summed E-state index contributed by atoms with van der Waals surface area (Å²) in [5.74, 6) is 0.778. The van der Waals surface area contributed by atoms with Crippen LogP contribution < -0.4 is 20.0 Å². The predicted molar refractivity (Wildman–Crippen MR) is 101 cm³/mol. The summed E-state index contributed by atoms with van der Waals surface area (Å²) >= 11 is 0. The van der Waals surface area contributed by atoms with Gasteiger partial charge in [0.15, 0.2) is 22.9 Å². The first-order chi connectivity index (χ1) is 13.0. The zero-order valence-electron chi connectivity index (χ0n) is 15.4. The number of allylic oxidation sites excluding steroid dienone is 1. The molecule has 7 nitrogen and oxygen atoms in total. The van der Waals surface area contributed by atoms with Crippen LogP contribution in [0.2, 0.25) is 0 Å². The first kappa shape index (κ1) is 18.3. The number of aryl methyl sites for hydroxylation is 1. The van der Waals surface area contributed by atoms with Gasteiger partial charge >= 0.3 is 5.76 Å². The molecule has 1 heterocycles. The molecule has 0 radical (unpaired) electrons. The second-order valence-electron chi connectivity index (χ2n) is 5.77. The monoisotopic (exact) mass is 369 g/mol. The third kappa shape index (κ3) is 3.44. The highest BCUT2D eigenvalue weighted by atomic mass is 16.5. The van der Waals surface area contributed by atoms with Gasteiger partial charge in [0, 0.05) is 12.6 Å². The van der Waals surface area contributed by atoms with Crippen molar-refractivity contribution >= 4 is 23.0 Å². The van der Waals surface area contributed by atoms with Crippen LogP contribution in [0.5, 0.6) is 17.2 Å². The van der Waals surface area contributed by atoms with E-state index in [0.717, 1.165) is 0 Å². The number of rotatable bonds is 6. The Morgan fingerprint density at radius 3 is 2.30 bits per heavy atom. The van der Waals surface area contributed by atoms with E-state index in [1.807, 2.05) is 0 Å². The second-order valence-corrected chi connectivity index (χ2v) is 5.77. The first-order valence-corrected chi connectivity index (χ1v) is 8.10. The number of nitrogens with zero attached hydrogens (tertiary/aromatic N) is 1. The number of ketones is 1. The molecule has 0 aliphatic carbocycles. The van der Waals surface area contributed by atoms with Crippen LogP contribution in [0.3, 0.4) is 0 Å². The molecule has 0 N–H and O–H groups in total. The van der Waals surface area contributed by atoms with Crippen molar-refractivity contribution < 1.29 is 23.4 Å². The topological polar surface area (TPSA) is 79.9 Å². The summed E-state index contributed by atoms with van der Waals surface area (Å²) in [6, 6.07) is 8.37. The number of carbonyl (C=O) groups is 1. The Labute approximate surface area is 155 Å². The third-order valence-corrected chi connectivity index (χ3v) is 4.19. The minimum absolute atomic E-state index is 0.225. The smallest absolute Gasteiger partial charge is 0.419 e. The minimum atomic E-state index is -0.470. The van der Waals surface area contributed by atoms with Crippen molar-refractivity contribution in [2.24, 2.45) is 7.05 Å². The molecule has 0 fully saturated rings. The van der Waals surface area contributed by atoms with E-state index in [4.69, 9.17) is 18.6 Å². The van der Waals surface area contributed by atoms with Crippen LogP contribution in [0.15, 0.2) is 45.6 Å². The Balaban J connectivity index is 1.91. The molecule has 0 saturated carbocycles. The van der Waals surface area contributed by atoms with Gasteiger partial charge in [0.1, 0.15) is 0 Å². The van der Waals surface area contributed by atoms with Crippen LogP contribution in [0.1, 0.15) is 15.9 Å². The second kappa shape index (κ2) is 7.41. The molecule has 3 rings (SSSR count). The normalized spacial score (nSPS) is 11.1. The van der Waals surface area contributed by atoms with E-state index in [2.05, 4.69) is 0 Å². The molecule has 0 bridgehead atoms. The lowest BCUT2D eigenvalue weighted by molar-refractivity contribution is 0.104. The summed E-state index contributed by atoms with van der Waals surface area (Å²) in [5, 5.41) is 0. The molecule has 0 saturated heterocycles. The van der Waals surface area contributed by atoms with Gasteiger partial charge in [-0.1, -0.05) is 6.08 Å². The van der Waals surface area contributed by atoms with Gasteiger partial charge in [-0.15, -0.1) is 0 Å². The summed E-state index contributed by atoms with van der Waals surface area (Å²) in [4.78, 5) is 24.1. The first-order valence-electron chi connectivity index (χ1n) is 8.10. The van der Waals surface area contributed by atoms with Crippen molar-refractivity contribution in [1.82, 2.24) is 4.57 Å². The average Bonchev–Trinajstić information content (AvgIpc) is 2.98. The van der Waals surface area contributed by atoms with E-state index >= 15 is 0 Å².